The summed E-state index contributed by atoms with van der Waals surface area (Å²) in [7, 11) is 0. The topological polar surface area (TPSA) is 72.7 Å². The van der Waals surface area contributed by atoms with Gasteiger partial charge in [0.1, 0.15) is 0 Å². The van der Waals surface area contributed by atoms with Crippen molar-refractivity contribution in [2.45, 2.75) is 11.7 Å². The standard InChI is InChI=1S/C18H16IN5OS/c1-2-10-24-17(13-4-3-9-20-11-13)22-23-18(24)26-12-16(25)21-15-7-5-14(19)6-8-15/h2-9,11H,1,10,12H2,(H,21,25). The molecule has 0 aliphatic carbocycles. The molecule has 2 heterocycles. The van der Waals surface area contributed by atoms with Crippen molar-refractivity contribution >= 4 is 45.9 Å². The van der Waals surface area contributed by atoms with Gasteiger partial charge in [-0.1, -0.05) is 17.8 Å². The van der Waals surface area contributed by atoms with E-state index in [0.717, 1.165) is 14.8 Å². The summed E-state index contributed by atoms with van der Waals surface area (Å²) in [5.41, 5.74) is 1.65. The van der Waals surface area contributed by atoms with Crippen LogP contribution < -0.4 is 5.32 Å². The van der Waals surface area contributed by atoms with E-state index in [1.165, 1.54) is 11.8 Å². The second-order valence-corrected chi connectivity index (χ2v) is 7.48. The Morgan fingerprint density at radius 3 is 2.77 bits per heavy atom. The summed E-state index contributed by atoms with van der Waals surface area (Å²) in [6.45, 7) is 4.34. The summed E-state index contributed by atoms with van der Waals surface area (Å²) in [5.74, 6) is 0.861. The van der Waals surface area contributed by atoms with E-state index < -0.39 is 0 Å². The molecule has 6 nitrogen and oxygen atoms in total. The maximum atomic E-state index is 12.2. The molecule has 3 aromatic rings. The molecule has 3 rings (SSSR count). The van der Waals surface area contributed by atoms with E-state index in [9.17, 15) is 4.79 Å². The fraction of sp³-hybridized carbons (Fsp3) is 0.111. The van der Waals surface area contributed by atoms with Crippen molar-refractivity contribution in [1.82, 2.24) is 19.7 Å². The highest BCUT2D eigenvalue weighted by Gasteiger charge is 2.15. The lowest BCUT2D eigenvalue weighted by Crippen LogP contribution is -2.14. The summed E-state index contributed by atoms with van der Waals surface area (Å²) in [6, 6.07) is 11.4. The number of anilines is 1. The van der Waals surface area contributed by atoms with Crippen LogP contribution in [0.2, 0.25) is 0 Å². The molecule has 2 aromatic heterocycles. The monoisotopic (exact) mass is 477 g/mol. The number of thioether (sulfide) groups is 1. The third kappa shape index (κ3) is 4.70. The Balaban J connectivity index is 1.69. The van der Waals surface area contributed by atoms with Crippen LogP contribution in [0.25, 0.3) is 11.4 Å². The molecule has 1 aromatic carbocycles. The molecular formula is C18H16IN5OS. The number of hydrogen-bond acceptors (Lipinski definition) is 5. The maximum absolute atomic E-state index is 12.2. The van der Waals surface area contributed by atoms with E-state index in [1.54, 1.807) is 18.5 Å². The largest absolute Gasteiger partial charge is 0.325 e. The smallest absolute Gasteiger partial charge is 0.234 e. The number of nitrogens with one attached hydrogen (secondary N) is 1. The van der Waals surface area contributed by atoms with E-state index in [1.807, 2.05) is 41.0 Å². The zero-order valence-electron chi connectivity index (χ0n) is 13.8. The van der Waals surface area contributed by atoms with Gasteiger partial charge in [-0.2, -0.15) is 0 Å². The van der Waals surface area contributed by atoms with Crippen molar-refractivity contribution < 1.29 is 4.79 Å². The molecule has 1 amide bonds. The number of aromatic nitrogens is 4. The highest BCUT2D eigenvalue weighted by atomic mass is 127. The normalized spacial score (nSPS) is 10.5. The Kier molecular flexibility index (Phi) is 6.40. The van der Waals surface area contributed by atoms with Crippen molar-refractivity contribution in [2.75, 3.05) is 11.1 Å². The molecule has 132 valence electrons. The third-order valence-corrected chi connectivity index (χ3v) is 5.09. The first-order valence-electron chi connectivity index (χ1n) is 7.80. The second kappa shape index (κ2) is 8.95. The van der Waals surface area contributed by atoms with Gasteiger partial charge < -0.3 is 5.32 Å². The van der Waals surface area contributed by atoms with Crippen molar-refractivity contribution in [1.29, 1.82) is 0 Å². The number of rotatable bonds is 7. The molecule has 0 radical (unpaired) electrons. The van der Waals surface area contributed by atoms with Gasteiger partial charge in [0.05, 0.1) is 5.75 Å². The van der Waals surface area contributed by atoms with Gasteiger partial charge >= 0.3 is 0 Å². The molecule has 0 saturated heterocycles. The van der Waals surface area contributed by atoms with Crippen LogP contribution in [0.1, 0.15) is 0 Å². The van der Waals surface area contributed by atoms with Crippen molar-refractivity contribution in [2.24, 2.45) is 0 Å². The fourth-order valence-electron chi connectivity index (χ4n) is 2.26. The number of amides is 1. The van der Waals surface area contributed by atoms with Crippen molar-refractivity contribution in [3.05, 3.63) is 65.0 Å². The number of benzene rings is 1. The van der Waals surface area contributed by atoms with Gasteiger partial charge in [-0.05, 0) is 59.0 Å². The predicted molar refractivity (Wildman–Crippen MR) is 112 cm³/mol. The molecule has 0 saturated carbocycles. The van der Waals surface area contributed by atoms with Gasteiger partial charge in [-0.15, -0.1) is 16.8 Å². The summed E-state index contributed by atoms with van der Waals surface area (Å²) in [4.78, 5) is 16.3. The molecule has 0 atom stereocenters. The summed E-state index contributed by atoms with van der Waals surface area (Å²) in [5, 5.41) is 12.0. The minimum Gasteiger partial charge on any atom is -0.325 e. The number of hydrogen-bond donors (Lipinski definition) is 1. The van der Waals surface area contributed by atoms with E-state index in [-0.39, 0.29) is 11.7 Å². The van der Waals surface area contributed by atoms with Gasteiger partial charge in [0.25, 0.3) is 0 Å². The minimum atomic E-state index is -0.0905. The predicted octanol–water partition coefficient (Wildman–Crippen LogP) is 3.86. The first-order valence-corrected chi connectivity index (χ1v) is 9.86. The van der Waals surface area contributed by atoms with Crippen LogP contribution in [0.5, 0.6) is 0 Å². The van der Waals surface area contributed by atoms with Gasteiger partial charge in [-0.3, -0.25) is 14.3 Å². The zero-order valence-corrected chi connectivity index (χ0v) is 16.8. The van der Waals surface area contributed by atoms with Crippen LogP contribution in [0, 0.1) is 3.57 Å². The van der Waals surface area contributed by atoms with Crippen LogP contribution in [0.3, 0.4) is 0 Å². The lowest BCUT2D eigenvalue weighted by molar-refractivity contribution is -0.113. The number of pyridine rings is 1. The Morgan fingerprint density at radius 1 is 1.27 bits per heavy atom. The average molecular weight is 477 g/mol. The Morgan fingerprint density at radius 2 is 2.08 bits per heavy atom. The van der Waals surface area contributed by atoms with Crippen molar-refractivity contribution in [3.63, 3.8) is 0 Å². The molecule has 0 bridgehead atoms. The number of carbonyl (C=O) groups is 1. The fourth-order valence-corrected chi connectivity index (χ4v) is 3.37. The summed E-state index contributed by atoms with van der Waals surface area (Å²) >= 11 is 3.57. The highest BCUT2D eigenvalue weighted by Crippen LogP contribution is 2.23. The van der Waals surface area contributed by atoms with Crippen LogP contribution in [-0.2, 0) is 11.3 Å². The molecule has 0 aliphatic rings. The number of nitrogens with zero attached hydrogens (tertiary/aromatic N) is 4. The highest BCUT2D eigenvalue weighted by molar-refractivity contribution is 14.1. The molecule has 0 aliphatic heterocycles. The molecule has 0 fully saturated rings. The quantitative estimate of drug-likeness (QED) is 0.318. The molecule has 26 heavy (non-hydrogen) atoms. The van der Waals surface area contributed by atoms with Gasteiger partial charge in [0.15, 0.2) is 11.0 Å². The Bertz CT molecular complexity index is 896. The van der Waals surface area contributed by atoms with E-state index in [0.29, 0.717) is 17.5 Å². The molecule has 8 heteroatoms. The van der Waals surface area contributed by atoms with Crippen LogP contribution in [0.4, 0.5) is 5.69 Å². The number of halogens is 1. The molecule has 0 spiro atoms. The third-order valence-electron chi connectivity index (χ3n) is 3.41. The van der Waals surface area contributed by atoms with E-state index in [2.05, 4.69) is 49.7 Å². The van der Waals surface area contributed by atoms with Crippen LogP contribution in [-0.4, -0.2) is 31.4 Å². The molecule has 0 unspecified atom stereocenters. The first-order chi connectivity index (χ1) is 12.7. The first kappa shape index (κ1) is 18.6. The Hall–Kier alpha value is -2.20. The van der Waals surface area contributed by atoms with Gasteiger partial charge in [-0.25, -0.2) is 0 Å². The van der Waals surface area contributed by atoms with Gasteiger partial charge in [0.2, 0.25) is 5.91 Å². The molecular weight excluding hydrogens is 461 g/mol. The number of allylic oxidation sites excluding steroid dienone is 1. The lowest BCUT2D eigenvalue weighted by Gasteiger charge is -2.08. The average Bonchev–Trinajstić information content (AvgIpc) is 3.06. The van der Waals surface area contributed by atoms with E-state index >= 15 is 0 Å². The maximum Gasteiger partial charge on any atom is 0.234 e. The second-order valence-electron chi connectivity index (χ2n) is 5.29. The SMILES string of the molecule is C=CCn1c(SCC(=O)Nc2ccc(I)cc2)nnc1-c1cccnc1. The Labute approximate surface area is 169 Å². The number of carbonyl (C=O) groups excluding carboxylic acids is 1. The minimum absolute atomic E-state index is 0.0905. The molecule has 1 N–H and O–H groups in total. The summed E-state index contributed by atoms with van der Waals surface area (Å²) < 4.78 is 3.04. The van der Waals surface area contributed by atoms with Crippen LogP contribution >= 0.6 is 34.4 Å². The van der Waals surface area contributed by atoms with Crippen molar-refractivity contribution in [3.8, 4) is 11.4 Å². The van der Waals surface area contributed by atoms with E-state index in [4.69, 9.17) is 0 Å². The lowest BCUT2D eigenvalue weighted by atomic mass is 10.3. The zero-order chi connectivity index (χ0) is 18.4. The van der Waals surface area contributed by atoms with Crippen LogP contribution in [0.15, 0.2) is 66.6 Å². The van der Waals surface area contributed by atoms with Gasteiger partial charge in [0, 0.05) is 33.8 Å². The summed E-state index contributed by atoms with van der Waals surface area (Å²) in [6.07, 6.45) is 5.22.